The zero-order chi connectivity index (χ0) is 16.2. The molecule has 0 heterocycles. The summed E-state index contributed by atoms with van der Waals surface area (Å²) >= 11 is 12.1. The first-order valence-electron chi connectivity index (χ1n) is 6.43. The largest absolute Gasteiger partial charge is 0.399 e. The molecular weight excluding hydrogens is 335 g/mol. The number of rotatable bonds is 7. The molecule has 1 rings (SSSR count). The predicted molar refractivity (Wildman–Crippen MR) is 86.3 cm³/mol. The number of benzene rings is 1. The fourth-order valence-electron chi connectivity index (χ4n) is 1.86. The lowest BCUT2D eigenvalue weighted by molar-refractivity contribution is 0.175. The van der Waals surface area contributed by atoms with Crippen LogP contribution in [0.15, 0.2) is 17.0 Å². The van der Waals surface area contributed by atoms with E-state index in [0.29, 0.717) is 12.2 Å². The van der Waals surface area contributed by atoms with Crippen LogP contribution in [0.3, 0.4) is 0 Å². The van der Waals surface area contributed by atoms with Crippen LogP contribution in [-0.4, -0.2) is 39.5 Å². The Hall–Kier alpha value is -0.530. The van der Waals surface area contributed by atoms with E-state index in [0.717, 1.165) is 0 Å². The Morgan fingerprint density at radius 1 is 1.29 bits per heavy atom. The summed E-state index contributed by atoms with van der Waals surface area (Å²) in [6, 6.07) is 2.76. The third-order valence-electron chi connectivity index (χ3n) is 2.73. The number of hydrogen-bond donors (Lipinski definition) is 1. The molecule has 0 aliphatic carbocycles. The van der Waals surface area contributed by atoms with Crippen molar-refractivity contribution < 1.29 is 13.2 Å². The Morgan fingerprint density at radius 3 is 2.24 bits per heavy atom. The number of nitrogen functional groups attached to an aromatic ring is 1. The Bertz CT molecular complexity index is 568. The van der Waals surface area contributed by atoms with Crippen LogP contribution < -0.4 is 5.73 Å². The first-order chi connectivity index (χ1) is 9.70. The Kier molecular flexibility index (Phi) is 6.74. The van der Waals surface area contributed by atoms with E-state index in [9.17, 15) is 8.42 Å². The Morgan fingerprint density at radius 2 is 1.81 bits per heavy atom. The monoisotopic (exact) mass is 354 g/mol. The van der Waals surface area contributed by atoms with Crippen molar-refractivity contribution in [3.05, 3.63) is 22.2 Å². The van der Waals surface area contributed by atoms with Crippen molar-refractivity contribution in [2.24, 2.45) is 5.92 Å². The van der Waals surface area contributed by atoms with Crippen LogP contribution in [0.4, 0.5) is 5.69 Å². The van der Waals surface area contributed by atoms with Gasteiger partial charge in [-0.1, -0.05) is 37.0 Å². The predicted octanol–water partition coefficient (Wildman–Crippen LogP) is 2.87. The standard InChI is InChI=1S/C13H20Cl2N2O3S/c1-9(2)8-17(4-5-20-3)21(18,19)13-11(14)6-10(16)7-12(13)15/h6-7,9H,4-5,8,16H2,1-3H3. The molecule has 1 aromatic carbocycles. The molecule has 0 fully saturated rings. The van der Waals surface area contributed by atoms with Gasteiger partial charge < -0.3 is 10.5 Å². The molecule has 2 N–H and O–H groups in total. The highest BCUT2D eigenvalue weighted by Crippen LogP contribution is 2.34. The molecule has 0 radical (unpaired) electrons. The molecule has 0 aromatic heterocycles. The molecular formula is C13H20Cl2N2O3S. The maximum absolute atomic E-state index is 12.8. The van der Waals surface area contributed by atoms with Crippen molar-refractivity contribution in [3.63, 3.8) is 0 Å². The lowest BCUT2D eigenvalue weighted by Gasteiger charge is -2.24. The second kappa shape index (κ2) is 7.65. The van der Waals surface area contributed by atoms with E-state index in [1.165, 1.54) is 23.5 Å². The van der Waals surface area contributed by atoms with Crippen LogP contribution in [0.1, 0.15) is 13.8 Å². The van der Waals surface area contributed by atoms with Crippen LogP contribution in [0, 0.1) is 5.92 Å². The Labute approximate surface area is 136 Å². The minimum atomic E-state index is -3.81. The zero-order valence-corrected chi connectivity index (χ0v) is 14.6. The van der Waals surface area contributed by atoms with E-state index in [4.69, 9.17) is 33.7 Å². The minimum Gasteiger partial charge on any atom is -0.399 e. The molecule has 0 unspecified atom stereocenters. The molecule has 120 valence electrons. The number of ether oxygens (including phenoxy) is 1. The summed E-state index contributed by atoms with van der Waals surface area (Å²) in [4.78, 5) is -0.114. The summed E-state index contributed by atoms with van der Waals surface area (Å²) in [6.07, 6.45) is 0. The molecule has 0 atom stereocenters. The summed E-state index contributed by atoms with van der Waals surface area (Å²) in [7, 11) is -2.30. The van der Waals surface area contributed by atoms with Crippen molar-refractivity contribution in [2.75, 3.05) is 32.5 Å². The average Bonchev–Trinajstić information content (AvgIpc) is 2.32. The molecule has 5 nitrogen and oxygen atoms in total. The van der Waals surface area contributed by atoms with Gasteiger partial charge in [-0.05, 0) is 18.1 Å². The van der Waals surface area contributed by atoms with Gasteiger partial charge in [-0.3, -0.25) is 0 Å². The van der Waals surface area contributed by atoms with Gasteiger partial charge in [-0.2, -0.15) is 4.31 Å². The second-order valence-corrected chi connectivity index (χ2v) is 7.75. The van der Waals surface area contributed by atoms with Crippen LogP contribution in [0.2, 0.25) is 10.0 Å². The van der Waals surface area contributed by atoms with Gasteiger partial charge in [0.1, 0.15) is 4.90 Å². The summed E-state index contributed by atoms with van der Waals surface area (Å²) in [6.45, 7) is 4.73. The number of halogens is 2. The van der Waals surface area contributed by atoms with Crippen LogP contribution in [-0.2, 0) is 14.8 Å². The molecule has 0 amide bonds. The fourth-order valence-corrected chi connectivity index (χ4v) is 4.63. The van der Waals surface area contributed by atoms with Crippen molar-refractivity contribution in [1.82, 2.24) is 4.31 Å². The van der Waals surface area contributed by atoms with Gasteiger partial charge in [0.2, 0.25) is 10.0 Å². The number of nitrogens with two attached hydrogens (primary N) is 1. The number of anilines is 1. The maximum Gasteiger partial charge on any atom is 0.246 e. The summed E-state index contributed by atoms with van der Waals surface area (Å²) in [5.41, 5.74) is 5.93. The smallest absolute Gasteiger partial charge is 0.246 e. The van der Waals surface area contributed by atoms with Gasteiger partial charge in [0.05, 0.1) is 16.7 Å². The second-order valence-electron chi connectivity index (χ2n) is 5.06. The van der Waals surface area contributed by atoms with E-state index < -0.39 is 10.0 Å². The molecule has 0 aliphatic heterocycles. The molecule has 0 aliphatic rings. The summed E-state index contributed by atoms with van der Waals surface area (Å²) < 4.78 is 31.9. The Balaban J connectivity index is 3.28. The minimum absolute atomic E-state index is 0.0196. The molecule has 1 aromatic rings. The molecule has 0 spiro atoms. The number of sulfonamides is 1. The van der Waals surface area contributed by atoms with Crippen molar-refractivity contribution in [2.45, 2.75) is 18.7 Å². The third-order valence-corrected chi connectivity index (χ3v) is 5.52. The van der Waals surface area contributed by atoms with E-state index >= 15 is 0 Å². The van der Waals surface area contributed by atoms with E-state index in [2.05, 4.69) is 0 Å². The lowest BCUT2D eigenvalue weighted by Crippen LogP contribution is -2.37. The molecule has 0 bridgehead atoms. The average molecular weight is 355 g/mol. The van der Waals surface area contributed by atoms with Gasteiger partial charge in [-0.15, -0.1) is 0 Å². The summed E-state index contributed by atoms with van der Waals surface area (Å²) in [5.74, 6) is 0.156. The third kappa shape index (κ3) is 4.72. The van der Waals surface area contributed by atoms with Crippen molar-refractivity contribution in [1.29, 1.82) is 0 Å². The number of hydrogen-bond acceptors (Lipinski definition) is 4. The van der Waals surface area contributed by atoms with Crippen molar-refractivity contribution >= 4 is 38.9 Å². The topological polar surface area (TPSA) is 72.6 Å². The molecule has 0 saturated carbocycles. The molecule has 21 heavy (non-hydrogen) atoms. The zero-order valence-electron chi connectivity index (χ0n) is 12.3. The van der Waals surface area contributed by atoms with Crippen LogP contribution in [0.25, 0.3) is 0 Å². The number of nitrogens with zero attached hydrogens (tertiary/aromatic N) is 1. The van der Waals surface area contributed by atoms with E-state index in [1.807, 2.05) is 13.8 Å². The molecule has 0 saturated heterocycles. The van der Waals surface area contributed by atoms with Gasteiger partial charge >= 0.3 is 0 Å². The first-order valence-corrected chi connectivity index (χ1v) is 8.63. The van der Waals surface area contributed by atoms with Gasteiger partial charge in [0.15, 0.2) is 0 Å². The highest BCUT2D eigenvalue weighted by molar-refractivity contribution is 7.89. The van der Waals surface area contributed by atoms with Gasteiger partial charge in [0, 0.05) is 25.9 Å². The van der Waals surface area contributed by atoms with Crippen molar-refractivity contribution in [3.8, 4) is 0 Å². The van der Waals surface area contributed by atoms with Gasteiger partial charge in [-0.25, -0.2) is 8.42 Å². The highest BCUT2D eigenvalue weighted by atomic mass is 35.5. The highest BCUT2D eigenvalue weighted by Gasteiger charge is 2.29. The number of methoxy groups -OCH3 is 1. The van der Waals surface area contributed by atoms with E-state index in [-0.39, 0.29) is 34.0 Å². The van der Waals surface area contributed by atoms with Gasteiger partial charge in [0.25, 0.3) is 0 Å². The maximum atomic E-state index is 12.8. The summed E-state index contributed by atoms with van der Waals surface area (Å²) in [5, 5.41) is 0.0392. The van der Waals surface area contributed by atoms with Crippen LogP contribution >= 0.6 is 23.2 Å². The quantitative estimate of drug-likeness (QED) is 0.764. The SMILES string of the molecule is COCCN(CC(C)C)S(=O)(=O)c1c(Cl)cc(N)cc1Cl. The first kappa shape index (κ1) is 18.5. The van der Waals surface area contributed by atoms with Crippen LogP contribution in [0.5, 0.6) is 0 Å². The normalized spacial score (nSPS) is 12.3. The lowest BCUT2D eigenvalue weighted by atomic mass is 10.2. The van der Waals surface area contributed by atoms with E-state index in [1.54, 1.807) is 0 Å². The fraction of sp³-hybridized carbons (Fsp3) is 0.538. The molecule has 8 heteroatoms.